The van der Waals surface area contributed by atoms with E-state index in [0.29, 0.717) is 24.8 Å². The third-order valence-corrected chi connectivity index (χ3v) is 3.65. The number of hydrogen-bond acceptors (Lipinski definition) is 3. The van der Waals surface area contributed by atoms with Crippen LogP contribution >= 0.6 is 11.6 Å². The number of carbonyl (C=O) groups excluding carboxylic acids is 2. The standard InChI is InChI=1S/C13H12ClFN2O2/c14-9-5-8-11(6-10(9)15)17(13(19)12(8)18)4-3-16-7-1-2-7/h5-7,16H,1-4H2. The van der Waals surface area contributed by atoms with Crippen LogP contribution in [0.4, 0.5) is 10.1 Å². The molecule has 0 aromatic heterocycles. The lowest BCUT2D eigenvalue weighted by Gasteiger charge is -2.16. The topological polar surface area (TPSA) is 49.4 Å². The van der Waals surface area contributed by atoms with E-state index in [4.69, 9.17) is 11.6 Å². The summed E-state index contributed by atoms with van der Waals surface area (Å²) in [5.41, 5.74) is 0.498. The molecule has 1 heterocycles. The molecule has 0 saturated heterocycles. The Balaban J connectivity index is 1.83. The normalized spacial score (nSPS) is 18.1. The summed E-state index contributed by atoms with van der Waals surface area (Å²) in [6, 6.07) is 2.90. The molecular weight excluding hydrogens is 271 g/mol. The minimum absolute atomic E-state index is 0.141. The number of ketones is 1. The highest BCUT2D eigenvalue weighted by Crippen LogP contribution is 2.32. The van der Waals surface area contributed by atoms with Gasteiger partial charge in [0.2, 0.25) is 0 Å². The number of nitrogens with zero attached hydrogens (tertiary/aromatic N) is 1. The smallest absolute Gasteiger partial charge is 0.299 e. The number of Topliss-reactive ketones (excluding diaryl/α,β-unsaturated/α-hetero) is 1. The molecule has 1 aromatic rings. The van der Waals surface area contributed by atoms with Gasteiger partial charge in [0.1, 0.15) is 5.82 Å². The first-order chi connectivity index (χ1) is 9.08. The molecule has 6 heteroatoms. The molecule has 0 bridgehead atoms. The molecule has 0 atom stereocenters. The monoisotopic (exact) mass is 282 g/mol. The second-order valence-electron chi connectivity index (χ2n) is 4.80. The van der Waals surface area contributed by atoms with E-state index in [0.717, 1.165) is 18.9 Å². The van der Waals surface area contributed by atoms with E-state index in [1.807, 2.05) is 0 Å². The zero-order valence-corrected chi connectivity index (χ0v) is 10.8. The molecule has 100 valence electrons. The minimum atomic E-state index is -0.622. The Hall–Kier alpha value is -1.46. The van der Waals surface area contributed by atoms with Crippen LogP contribution in [0, 0.1) is 5.82 Å². The average Bonchev–Trinajstić information content (AvgIpc) is 3.17. The molecule has 1 fully saturated rings. The van der Waals surface area contributed by atoms with E-state index in [2.05, 4.69) is 5.32 Å². The summed E-state index contributed by atoms with van der Waals surface area (Å²) in [6.07, 6.45) is 2.29. The Morgan fingerprint density at radius 3 is 2.79 bits per heavy atom. The van der Waals surface area contributed by atoms with Gasteiger partial charge >= 0.3 is 0 Å². The van der Waals surface area contributed by atoms with Crippen molar-refractivity contribution in [1.29, 1.82) is 0 Å². The summed E-state index contributed by atoms with van der Waals surface area (Å²) in [4.78, 5) is 25.0. The molecule has 4 nitrogen and oxygen atoms in total. The van der Waals surface area contributed by atoms with Crippen LogP contribution in [0.1, 0.15) is 23.2 Å². The van der Waals surface area contributed by atoms with Gasteiger partial charge in [-0.15, -0.1) is 0 Å². The quantitative estimate of drug-likeness (QED) is 0.856. The Morgan fingerprint density at radius 1 is 1.37 bits per heavy atom. The van der Waals surface area contributed by atoms with Gasteiger partial charge in [0, 0.05) is 19.1 Å². The highest BCUT2D eigenvalue weighted by molar-refractivity contribution is 6.52. The average molecular weight is 283 g/mol. The molecule has 0 radical (unpaired) electrons. The third kappa shape index (κ3) is 2.24. The number of fused-ring (bicyclic) bond motifs is 1. The summed E-state index contributed by atoms with van der Waals surface area (Å²) in [6.45, 7) is 0.947. The highest BCUT2D eigenvalue weighted by Gasteiger charge is 2.36. The fraction of sp³-hybridized carbons (Fsp3) is 0.385. The van der Waals surface area contributed by atoms with E-state index in [1.54, 1.807) is 0 Å². The first-order valence-electron chi connectivity index (χ1n) is 6.16. The van der Waals surface area contributed by atoms with Crippen LogP contribution in [0.15, 0.2) is 12.1 Å². The number of amides is 1. The number of rotatable bonds is 4. The predicted octanol–water partition coefficient (Wildman–Crippen LogP) is 1.76. The van der Waals surface area contributed by atoms with Gasteiger partial charge in [-0.05, 0) is 25.0 Å². The summed E-state index contributed by atoms with van der Waals surface area (Å²) >= 11 is 5.64. The number of nitrogens with one attached hydrogen (secondary N) is 1. The lowest BCUT2D eigenvalue weighted by Crippen LogP contribution is -2.36. The lowest BCUT2D eigenvalue weighted by atomic mass is 10.1. The SMILES string of the molecule is O=C1C(=O)N(CCNC2CC2)c2cc(F)c(Cl)cc21. The molecule has 1 N–H and O–H groups in total. The fourth-order valence-electron chi connectivity index (χ4n) is 2.18. The molecule has 1 saturated carbocycles. The maximum atomic E-state index is 13.5. The van der Waals surface area contributed by atoms with Gasteiger partial charge in [-0.1, -0.05) is 11.6 Å². The van der Waals surface area contributed by atoms with Gasteiger partial charge in [0.05, 0.1) is 16.3 Å². The van der Waals surface area contributed by atoms with Crippen molar-refractivity contribution in [3.8, 4) is 0 Å². The van der Waals surface area contributed by atoms with Gasteiger partial charge < -0.3 is 10.2 Å². The zero-order valence-electron chi connectivity index (χ0n) is 10.1. The molecule has 3 rings (SSSR count). The maximum absolute atomic E-state index is 13.5. The van der Waals surface area contributed by atoms with E-state index in [9.17, 15) is 14.0 Å². The first-order valence-corrected chi connectivity index (χ1v) is 6.54. The van der Waals surface area contributed by atoms with Crippen molar-refractivity contribution in [3.63, 3.8) is 0 Å². The van der Waals surface area contributed by atoms with Crippen LogP contribution in [-0.4, -0.2) is 30.8 Å². The van der Waals surface area contributed by atoms with Crippen molar-refractivity contribution in [2.75, 3.05) is 18.0 Å². The second kappa shape index (κ2) is 4.58. The Kier molecular flexibility index (Phi) is 3.03. The number of carbonyl (C=O) groups is 2. The van der Waals surface area contributed by atoms with Gasteiger partial charge in [0.25, 0.3) is 11.7 Å². The van der Waals surface area contributed by atoms with Crippen molar-refractivity contribution < 1.29 is 14.0 Å². The van der Waals surface area contributed by atoms with Gasteiger partial charge in [-0.25, -0.2) is 4.39 Å². The molecule has 1 amide bonds. The highest BCUT2D eigenvalue weighted by atomic mass is 35.5. The third-order valence-electron chi connectivity index (χ3n) is 3.36. The van der Waals surface area contributed by atoms with Crippen molar-refractivity contribution in [2.45, 2.75) is 18.9 Å². The first kappa shape index (κ1) is 12.6. The Labute approximate surface area is 114 Å². The van der Waals surface area contributed by atoms with Crippen molar-refractivity contribution >= 4 is 29.0 Å². The fourth-order valence-corrected chi connectivity index (χ4v) is 2.34. The Bertz CT molecular complexity index is 572. The van der Waals surface area contributed by atoms with E-state index >= 15 is 0 Å². The molecule has 0 spiro atoms. The maximum Gasteiger partial charge on any atom is 0.299 e. The molecule has 1 aliphatic heterocycles. The number of hydrogen-bond donors (Lipinski definition) is 1. The van der Waals surface area contributed by atoms with E-state index in [1.165, 1.54) is 11.0 Å². The molecule has 1 aromatic carbocycles. The lowest BCUT2D eigenvalue weighted by molar-refractivity contribution is -0.114. The number of anilines is 1. The summed E-state index contributed by atoms with van der Waals surface area (Å²) in [5.74, 6) is -1.86. The minimum Gasteiger partial charge on any atom is -0.312 e. The summed E-state index contributed by atoms with van der Waals surface area (Å²) in [5, 5.41) is 3.11. The van der Waals surface area contributed by atoms with Crippen LogP contribution in [0.3, 0.4) is 0 Å². The zero-order chi connectivity index (χ0) is 13.6. The van der Waals surface area contributed by atoms with Crippen LogP contribution in [0.2, 0.25) is 5.02 Å². The van der Waals surface area contributed by atoms with Crippen LogP contribution in [-0.2, 0) is 4.79 Å². The number of benzene rings is 1. The molecular formula is C13H12ClFN2O2. The predicted molar refractivity (Wildman–Crippen MR) is 69.1 cm³/mol. The van der Waals surface area contributed by atoms with E-state index < -0.39 is 17.5 Å². The summed E-state index contributed by atoms with van der Waals surface area (Å²) in [7, 11) is 0. The number of halogens is 2. The van der Waals surface area contributed by atoms with E-state index in [-0.39, 0.29) is 10.6 Å². The van der Waals surface area contributed by atoms with Crippen LogP contribution in [0.25, 0.3) is 0 Å². The van der Waals surface area contributed by atoms with Crippen molar-refractivity contribution in [3.05, 3.63) is 28.5 Å². The molecule has 2 aliphatic rings. The Morgan fingerprint density at radius 2 is 2.11 bits per heavy atom. The van der Waals surface area contributed by atoms with Crippen LogP contribution < -0.4 is 10.2 Å². The molecule has 1 aliphatic carbocycles. The van der Waals surface area contributed by atoms with Crippen molar-refractivity contribution in [2.24, 2.45) is 0 Å². The summed E-state index contributed by atoms with van der Waals surface area (Å²) < 4.78 is 13.5. The van der Waals surface area contributed by atoms with Gasteiger partial charge in [-0.3, -0.25) is 9.59 Å². The molecule has 19 heavy (non-hydrogen) atoms. The largest absolute Gasteiger partial charge is 0.312 e. The van der Waals surface area contributed by atoms with Gasteiger partial charge in [-0.2, -0.15) is 0 Å². The second-order valence-corrected chi connectivity index (χ2v) is 5.20. The van der Waals surface area contributed by atoms with Crippen molar-refractivity contribution in [1.82, 2.24) is 5.32 Å². The van der Waals surface area contributed by atoms with Gasteiger partial charge in [0.15, 0.2) is 0 Å². The molecule has 0 unspecified atom stereocenters. The van der Waals surface area contributed by atoms with Crippen LogP contribution in [0.5, 0.6) is 0 Å².